The molecule has 0 saturated carbocycles. The number of methoxy groups -OCH3 is 1. The fourth-order valence-electron chi connectivity index (χ4n) is 5.82. The highest BCUT2D eigenvalue weighted by Gasteiger charge is 2.32. The summed E-state index contributed by atoms with van der Waals surface area (Å²) in [5.41, 5.74) is 1.90. The minimum absolute atomic E-state index is 0.0213. The number of nitrogens with zero attached hydrogens (tertiary/aromatic N) is 4. The molecule has 2 aliphatic heterocycles. The van der Waals surface area contributed by atoms with E-state index >= 15 is 0 Å². The van der Waals surface area contributed by atoms with Crippen molar-refractivity contribution in [2.75, 3.05) is 30.8 Å². The van der Waals surface area contributed by atoms with Crippen molar-refractivity contribution >= 4 is 40.0 Å². The average molecular weight is 636 g/mol. The standard InChI is InChI=1S/C32H32F3N7O4/c1-46-27-15-25-21(14-26(27)38-30(44)19-6-8-28(36-16-19)32(33,34)35)18-42(40-25)22-10-12-41(13-11-22)17-20-4-2-3-5-23(20)37-24-7-9-29(43)39-31(24)45/h2-6,8,14-16,18,22,24,37H,7,9-13,17H2,1H3,(H,38,44)(H,39,43,45). The molecule has 240 valence electrons. The van der Waals surface area contributed by atoms with Gasteiger partial charge in [-0.05, 0) is 49.1 Å². The third-order valence-corrected chi connectivity index (χ3v) is 8.32. The van der Waals surface area contributed by atoms with Gasteiger partial charge in [0.05, 0.1) is 29.9 Å². The van der Waals surface area contributed by atoms with Crippen LogP contribution in [-0.4, -0.2) is 63.6 Å². The molecule has 2 saturated heterocycles. The summed E-state index contributed by atoms with van der Waals surface area (Å²) in [6.45, 7) is 2.37. The van der Waals surface area contributed by atoms with Crippen LogP contribution in [0.25, 0.3) is 10.9 Å². The summed E-state index contributed by atoms with van der Waals surface area (Å²) in [6, 6.07) is 12.9. The van der Waals surface area contributed by atoms with Crippen molar-refractivity contribution in [3.63, 3.8) is 0 Å². The van der Waals surface area contributed by atoms with Crippen LogP contribution in [0.4, 0.5) is 24.5 Å². The van der Waals surface area contributed by atoms with E-state index in [0.717, 1.165) is 60.9 Å². The predicted molar refractivity (Wildman–Crippen MR) is 163 cm³/mol. The number of carbonyl (C=O) groups excluding carboxylic acids is 3. The Hall–Kier alpha value is -4.98. The van der Waals surface area contributed by atoms with Crippen molar-refractivity contribution < 1.29 is 32.3 Å². The number of amides is 3. The van der Waals surface area contributed by atoms with Crippen LogP contribution in [0.3, 0.4) is 0 Å². The lowest BCUT2D eigenvalue weighted by Gasteiger charge is -2.33. The van der Waals surface area contributed by atoms with Crippen molar-refractivity contribution in [1.82, 2.24) is 25.0 Å². The molecule has 0 bridgehead atoms. The summed E-state index contributed by atoms with van der Waals surface area (Å²) < 4.78 is 46.0. The normalized spacial score (nSPS) is 18.0. The molecule has 1 unspecified atom stereocenters. The second-order valence-corrected chi connectivity index (χ2v) is 11.4. The zero-order valence-corrected chi connectivity index (χ0v) is 24.9. The number of para-hydroxylation sites is 1. The molecule has 2 aliphatic rings. The number of hydrogen-bond donors (Lipinski definition) is 3. The topological polar surface area (TPSA) is 130 Å². The zero-order chi connectivity index (χ0) is 32.4. The van der Waals surface area contributed by atoms with Gasteiger partial charge in [-0.25, -0.2) is 0 Å². The van der Waals surface area contributed by atoms with Crippen LogP contribution in [0.5, 0.6) is 5.75 Å². The molecule has 3 amide bonds. The first-order valence-corrected chi connectivity index (χ1v) is 14.9. The van der Waals surface area contributed by atoms with E-state index in [2.05, 4.69) is 25.8 Å². The first-order chi connectivity index (χ1) is 22.1. The minimum Gasteiger partial charge on any atom is -0.494 e. The van der Waals surface area contributed by atoms with Crippen LogP contribution in [0.2, 0.25) is 0 Å². The van der Waals surface area contributed by atoms with Gasteiger partial charge in [-0.15, -0.1) is 0 Å². The van der Waals surface area contributed by atoms with Gasteiger partial charge < -0.3 is 15.4 Å². The molecule has 14 heteroatoms. The molecule has 6 rings (SSSR count). The number of aromatic nitrogens is 3. The van der Waals surface area contributed by atoms with E-state index < -0.39 is 23.8 Å². The van der Waals surface area contributed by atoms with Crippen LogP contribution < -0.4 is 20.7 Å². The summed E-state index contributed by atoms with van der Waals surface area (Å²) in [4.78, 5) is 42.3. The summed E-state index contributed by atoms with van der Waals surface area (Å²) in [5.74, 6) is -0.801. The van der Waals surface area contributed by atoms with Crippen molar-refractivity contribution in [3.05, 3.63) is 77.7 Å². The lowest BCUT2D eigenvalue weighted by Crippen LogP contribution is -2.47. The average Bonchev–Trinajstić information content (AvgIpc) is 3.45. The number of fused-ring (bicyclic) bond motifs is 1. The lowest BCUT2D eigenvalue weighted by atomic mass is 10.0. The van der Waals surface area contributed by atoms with Crippen molar-refractivity contribution in [2.24, 2.45) is 0 Å². The Morgan fingerprint density at radius 3 is 2.54 bits per heavy atom. The van der Waals surface area contributed by atoms with Crippen LogP contribution >= 0.6 is 0 Å². The molecule has 0 spiro atoms. The van der Waals surface area contributed by atoms with E-state index in [1.54, 1.807) is 12.1 Å². The quantitative estimate of drug-likeness (QED) is 0.236. The number of hydrogen-bond acceptors (Lipinski definition) is 8. The maximum absolute atomic E-state index is 12.9. The summed E-state index contributed by atoms with van der Waals surface area (Å²) in [7, 11) is 1.46. The van der Waals surface area contributed by atoms with Gasteiger partial charge in [-0.1, -0.05) is 18.2 Å². The largest absolute Gasteiger partial charge is 0.494 e. The van der Waals surface area contributed by atoms with Gasteiger partial charge in [0.2, 0.25) is 11.8 Å². The van der Waals surface area contributed by atoms with Gasteiger partial charge in [0, 0.05) is 55.6 Å². The Morgan fingerprint density at radius 1 is 1.07 bits per heavy atom. The molecule has 11 nitrogen and oxygen atoms in total. The number of likely N-dealkylation sites (tertiary alicyclic amines) is 1. The number of ether oxygens (including phenoxy) is 1. The molecule has 2 aromatic heterocycles. The molecule has 0 radical (unpaired) electrons. The highest BCUT2D eigenvalue weighted by Crippen LogP contribution is 2.33. The third kappa shape index (κ3) is 6.81. The first-order valence-electron chi connectivity index (χ1n) is 14.9. The first kappa shape index (κ1) is 31.0. The minimum atomic E-state index is -4.59. The predicted octanol–water partition coefficient (Wildman–Crippen LogP) is 4.77. The van der Waals surface area contributed by atoms with Gasteiger partial charge in [-0.3, -0.25) is 34.3 Å². The smallest absolute Gasteiger partial charge is 0.433 e. The number of rotatable bonds is 8. The number of imide groups is 1. The lowest BCUT2D eigenvalue weighted by molar-refractivity contribution is -0.141. The fourth-order valence-corrected chi connectivity index (χ4v) is 5.82. The molecule has 2 fully saturated rings. The molecule has 0 aliphatic carbocycles. The fraction of sp³-hybridized carbons (Fsp3) is 0.344. The second kappa shape index (κ2) is 12.8. The number of benzene rings is 2. The Morgan fingerprint density at radius 2 is 1.85 bits per heavy atom. The molecular weight excluding hydrogens is 603 g/mol. The van der Waals surface area contributed by atoms with E-state index in [-0.39, 0.29) is 23.4 Å². The molecular formula is C32H32F3N7O4. The number of carbonyl (C=O) groups is 3. The molecule has 3 N–H and O–H groups in total. The van der Waals surface area contributed by atoms with E-state index in [1.165, 1.54) is 7.11 Å². The van der Waals surface area contributed by atoms with Crippen molar-refractivity contribution in [2.45, 2.75) is 50.5 Å². The van der Waals surface area contributed by atoms with E-state index in [1.807, 2.05) is 35.1 Å². The van der Waals surface area contributed by atoms with Gasteiger partial charge in [0.15, 0.2) is 0 Å². The van der Waals surface area contributed by atoms with Crippen LogP contribution in [0, 0.1) is 0 Å². The Kier molecular flexibility index (Phi) is 8.63. The number of nitrogens with one attached hydrogen (secondary N) is 3. The van der Waals surface area contributed by atoms with Gasteiger partial charge in [0.25, 0.3) is 5.91 Å². The highest BCUT2D eigenvalue weighted by atomic mass is 19.4. The Bertz CT molecular complexity index is 1770. The van der Waals surface area contributed by atoms with Crippen molar-refractivity contribution in [1.29, 1.82) is 0 Å². The van der Waals surface area contributed by atoms with Gasteiger partial charge >= 0.3 is 6.18 Å². The number of halogens is 3. The van der Waals surface area contributed by atoms with E-state index in [9.17, 15) is 27.6 Å². The molecule has 4 aromatic rings. The molecule has 4 heterocycles. The molecule has 2 aromatic carbocycles. The van der Waals surface area contributed by atoms with Crippen LogP contribution in [0.1, 0.15) is 53.3 Å². The monoisotopic (exact) mass is 635 g/mol. The Labute approximate surface area is 262 Å². The maximum Gasteiger partial charge on any atom is 0.433 e. The second-order valence-electron chi connectivity index (χ2n) is 11.4. The SMILES string of the molecule is COc1cc2nn(C3CCN(Cc4ccccc4NC4CCC(=O)NC4=O)CC3)cc2cc1NC(=O)c1ccc(C(F)(F)F)nc1. The van der Waals surface area contributed by atoms with E-state index in [4.69, 9.17) is 9.84 Å². The van der Waals surface area contributed by atoms with Gasteiger partial charge in [-0.2, -0.15) is 18.3 Å². The third-order valence-electron chi connectivity index (χ3n) is 8.32. The number of alkyl halides is 3. The summed E-state index contributed by atoms with van der Waals surface area (Å²) in [6.07, 6.45) is 0.702. The number of piperidine rings is 2. The zero-order valence-electron chi connectivity index (χ0n) is 24.9. The van der Waals surface area contributed by atoms with E-state index in [0.29, 0.717) is 36.3 Å². The van der Waals surface area contributed by atoms with Crippen molar-refractivity contribution in [3.8, 4) is 5.75 Å². The Balaban J connectivity index is 1.09. The summed E-state index contributed by atoms with van der Waals surface area (Å²) >= 11 is 0. The highest BCUT2D eigenvalue weighted by molar-refractivity contribution is 6.06. The number of pyridine rings is 1. The van der Waals surface area contributed by atoms with Gasteiger partial charge in [0.1, 0.15) is 17.5 Å². The van der Waals surface area contributed by atoms with Crippen LogP contribution in [-0.2, 0) is 22.3 Å². The number of anilines is 2. The summed E-state index contributed by atoms with van der Waals surface area (Å²) in [5, 5.41) is 14.0. The maximum atomic E-state index is 12.9. The molecule has 46 heavy (non-hydrogen) atoms. The van der Waals surface area contributed by atoms with Crippen LogP contribution in [0.15, 0.2) is 60.9 Å². The molecule has 1 atom stereocenters.